The Morgan fingerprint density at radius 1 is 0.362 bits per heavy atom. The van der Waals surface area contributed by atoms with Crippen molar-refractivity contribution in [1.82, 2.24) is 0 Å². The molecule has 0 N–H and O–H groups in total. The fraction of sp³-hybridized carbons (Fsp3) is 0. The number of rotatable bonds is 4. The molecule has 220 valence electrons. The number of fused-ring (bicyclic) bond motifs is 9. The molecular formula is C44H27NO2. The zero-order chi connectivity index (χ0) is 30.9. The van der Waals surface area contributed by atoms with Gasteiger partial charge in [0.2, 0.25) is 0 Å². The molecule has 47 heavy (non-hydrogen) atoms. The van der Waals surface area contributed by atoms with Gasteiger partial charge >= 0.3 is 0 Å². The molecule has 2 aromatic heterocycles. The summed E-state index contributed by atoms with van der Waals surface area (Å²) in [7, 11) is 0. The first kappa shape index (κ1) is 26.0. The van der Waals surface area contributed by atoms with Crippen LogP contribution in [0.5, 0.6) is 0 Å². The summed E-state index contributed by atoms with van der Waals surface area (Å²) in [5, 5.41) is 9.14. The van der Waals surface area contributed by atoms with E-state index in [1.54, 1.807) is 0 Å². The second kappa shape index (κ2) is 10.1. The number of para-hydroxylation sites is 3. The highest BCUT2D eigenvalue weighted by atomic mass is 16.3. The molecule has 10 aromatic rings. The van der Waals surface area contributed by atoms with Crippen molar-refractivity contribution in [1.29, 1.82) is 0 Å². The summed E-state index contributed by atoms with van der Waals surface area (Å²) >= 11 is 0. The van der Waals surface area contributed by atoms with E-state index in [1.807, 2.05) is 12.1 Å². The van der Waals surface area contributed by atoms with E-state index in [0.29, 0.717) is 0 Å². The Morgan fingerprint density at radius 2 is 1.06 bits per heavy atom. The van der Waals surface area contributed by atoms with Gasteiger partial charge in [-0.25, -0.2) is 0 Å². The molecule has 0 spiro atoms. The standard InChI is InChI=1S/C44H27NO2/c1-2-12-32(13-3-1)45(33-21-18-28-19-23-37-35-15-7-9-17-41(35)47-44(37)38(28)27-33)40-16-8-6-14-34(40)31-20-22-36-39-24-29-10-4-5-11-30(29)25-43(39)46-42(36)26-31/h1-27H. The summed E-state index contributed by atoms with van der Waals surface area (Å²) in [6, 6.07) is 57.9. The van der Waals surface area contributed by atoms with Gasteiger partial charge in [-0.05, 0) is 88.5 Å². The normalized spacial score (nSPS) is 11.8. The van der Waals surface area contributed by atoms with Crippen molar-refractivity contribution in [2.75, 3.05) is 4.90 Å². The van der Waals surface area contributed by atoms with Crippen molar-refractivity contribution in [2.24, 2.45) is 0 Å². The van der Waals surface area contributed by atoms with E-state index in [9.17, 15) is 0 Å². The number of anilines is 3. The topological polar surface area (TPSA) is 29.5 Å². The van der Waals surface area contributed by atoms with Crippen molar-refractivity contribution in [3.05, 3.63) is 164 Å². The van der Waals surface area contributed by atoms with Gasteiger partial charge in [0.05, 0.1) is 5.69 Å². The molecule has 3 nitrogen and oxygen atoms in total. The molecule has 0 aliphatic rings. The third kappa shape index (κ3) is 4.07. The molecule has 0 atom stereocenters. The van der Waals surface area contributed by atoms with E-state index in [-0.39, 0.29) is 0 Å². The number of hydrogen-bond donors (Lipinski definition) is 0. The second-order valence-electron chi connectivity index (χ2n) is 12.1. The van der Waals surface area contributed by atoms with Crippen LogP contribution in [0.4, 0.5) is 17.1 Å². The lowest BCUT2D eigenvalue weighted by Crippen LogP contribution is -2.11. The van der Waals surface area contributed by atoms with Gasteiger partial charge in [-0.3, -0.25) is 0 Å². The summed E-state index contributed by atoms with van der Waals surface area (Å²) in [5.74, 6) is 0. The van der Waals surface area contributed by atoms with E-state index >= 15 is 0 Å². The molecule has 0 amide bonds. The predicted octanol–water partition coefficient (Wildman–Crippen LogP) is 12.9. The van der Waals surface area contributed by atoms with Crippen LogP contribution < -0.4 is 4.90 Å². The van der Waals surface area contributed by atoms with Crippen LogP contribution in [0.3, 0.4) is 0 Å². The maximum Gasteiger partial charge on any atom is 0.143 e. The summed E-state index contributed by atoms with van der Waals surface area (Å²) in [6.45, 7) is 0. The highest BCUT2D eigenvalue weighted by Crippen LogP contribution is 2.44. The minimum absolute atomic E-state index is 0.881. The minimum Gasteiger partial charge on any atom is -0.456 e. The highest BCUT2D eigenvalue weighted by molar-refractivity contribution is 6.16. The van der Waals surface area contributed by atoms with E-state index in [1.165, 1.54) is 10.8 Å². The fourth-order valence-corrected chi connectivity index (χ4v) is 7.18. The zero-order valence-corrected chi connectivity index (χ0v) is 25.4. The van der Waals surface area contributed by atoms with E-state index in [2.05, 4.69) is 157 Å². The van der Waals surface area contributed by atoms with Gasteiger partial charge < -0.3 is 13.7 Å². The average molecular weight is 602 g/mol. The Hall–Kier alpha value is -6.32. The molecule has 8 aromatic carbocycles. The van der Waals surface area contributed by atoms with Gasteiger partial charge in [0, 0.05) is 43.9 Å². The largest absolute Gasteiger partial charge is 0.456 e. The van der Waals surface area contributed by atoms with Crippen molar-refractivity contribution in [2.45, 2.75) is 0 Å². The summed E-state index contributed by atoms with van der Waals surface area (Å²) in [6.07, 6.45) is 0. The van der Waals surface area contributed by atoms with Gasteiger partial charge in [0.25, 0.3) is 0 Å². The molecule has 0 fully saturated rings. The summed E-state index contributed by atoms with van der Waals surface area (Å²) in [4.78, 5) is 2.34. The number of furan rings is 2. The van der Waals surface area contributed by atoms with E-state index in [4.69, 9.17) is 8.83 Å². The first-order valence-corrected chi connectivity index (χ1v) is 15.9. The molecule has 0 saturated carbocycles. The molecule has 3 heteroatoms. The maximum atomic E-state index is 6.48. The van der Waals surface area contributed by atoms with Gasteiger partial charge in [0.15, 0.2) is 0 Å². The van der Waals surface area contributed by atoms with Crippen LogP contribution in [-0.2, 0) is 0 Å². The summed E-state index contributed by atoms with van der Waals surface area (Å²) in [5.41, 5.74) is 9.03. The quantitative estimate of drug-likeness (QED) is 0.201. The van der Waals surface area contributed by atoms with Crippen LogP contribution in [0.1, 0.15) is 0 Å². The van der Waals surface area contributed by atoms with Crippen LogP contribution in [0.25, 0.3) is 76.5 Å². The van der Waals surface area contributed by atoms with Crippen LogP contribution >= 0.6 is 0 Å². The highest BCUT2D eigenvalue weighted by Gasteiger charge is 2.19. The van der Waals surface area contributed by atoms with Crippen molar-refractivity contribution in [3.63, 3.8) is 0 Å². The van der Waals surface area contributed by atoms with Gasteiger partial charge in [0.1, 0.15) is 22.3 Å². The Kier molecular flexibility index (Phi) is 5.57. The molecule has 2 heterocycles. The van der Waals surface area contributed by atoms with Gasteiger partial charge in [-0.15, -0.1) is 0 Å². The smallest absolute Gasteiger partial charge is 0.143 e. The first-order chi connectivity index (χ1) is 23.3. The number of hydrogen-bond acceptors (Lipinski definition) is 3. The Balaban J connectivity index is 1.17. The third-order valence-electron chi connectivity index (χ3n) is 9.41. The third-order valence-corrected chi connectivity index (χ3v) is 9.41. The van der Waals surface area contributed by atoms with Crippen LogP contribution in [-0.4, -0.2) is 0 Å². The number of benzene rings is 8. The molecule has 0 saturated heterocycles. The van der Waals surface area contributed by atoms with Crippen molar-refractivity contribution < 1.29 is 8.83 Å². The number of nitrogens with zero attached hydrogens (tertiary/aromatic N) is 1. The molecule has 0 radical (unpaired) electrons. The maximum absolute atomic E-state index is 6.48. The van der Waals surface area contributed by atoms with Crippen molar-refractivity contribution in [3.8, 4) is 11.1 Å². The lowest BCUT2D eigenvalue weighted by molar-refractivity contribution is 0.669. The molecule has 0 aliphatic heterocycles. The zero-order valence-electron chi connectivity index (χ0n) is 25.4. The summed E-state index contributed by atoms with van der Waals surface area (Å²) < 4.78 is 12.9. The molecule has 0 aliphatic carbocycles. The average Bonchev–Trinajstić information content (AvgIpc) is 3.69. The van der Waals surface area contributed by atoms with Gasteiger partial charge in [-0.1, -0.05) is 97.1 Å². The monoisotopic (exact) mass is 601 g/mol. The van der Waals surface area contributed by atoms with Crippen LogP contribution in [0.15, 0.2) is 173 Å². The second-order valence-corrected chi connectivity index (χ2v) is 12.1. The predicted molar refractivity (Wildman–Crippen MR) is 196 cm³/mol. The Morgan fingerprint density at radius 3 is 1.98 bits per heavy atom. The SMILES string of the molecule is c1ccc(N(c2ccc3ccc4c5ccccc5oc4c3c2)c2ccccc2-c2ccc3c(c2)oc2cc4ccccc4cc23)cc1. The van der Waals surface area contributed by atoms with E-state index in [0.717, 1.165) is 82.8 Å². The minimum atomic E-state index is 0.881. The van der Waals surface area contributed by atoms with Crippen molar-refractivity contribution >= 4 is 82.5 Å². The van der Waals surface area contributed by atoms with Crippen LogP contribution in [0, 0.1) is 0 Å². The fourth-order valence-electron chi connectivity index (χ4n) is 7.18. The lowest BCUT2D eigenvalue weighted by atomic mass is 9.99. The molecular weight excluding hydrogens is 574 g/mol. The van der Waals surface area contributed by atoms with E-state index < -0.39 is 0 Å². The molecule has 0 unspecified atom stereocenters. The molecule has 10 rings (SSSR count). The Labute approximate surface area is 270 Å². The molecule has 0 bridgehead atoms. The van der Waals surface area contributed by atoms with Crippen LogP contribution in [0.2, 0.25) is 0 Å². The first-order valence-electron chi connectivity index (χ1n) is 15.9. The van der Waals surface area contributed by atoms with Gasteiger partial charge in [-0.2, -0.15) is 0 Å². The Bertz CT molecular complexity index is 2810. The lowest BCUT2D eigenvalue weighted by Gasteiger charge is -2.28.